The van der Waals surface area contributed by atoms with Crippen LogP contribution in [0.3, 0.4) is 0 Å². The first-order chi connectivity index (χ1) is 11.6. The van der Waals surface area contributed by atoms with Crippen molar-refractivity contribution in [3.8, 4) is 28.9 Å². The largest absolute Gasteiger partial charge is 0.508 e. The first-order valence-electron chi connectivity index (χ1n) is 7.84. The highest BCUT2D eigenvalue weighted by molar-refractivity contribution is 5.39. The van der Waals surface area contributed by atoms with Crippen LogP contribution in [0.5, 0.6) is 28.9 Å². The maximum absolute atomic E-state index is 9.28. The highest BCUT2D eigenvalue weighted by Gasteiger charge is 2.13. The van der Waals surface area contributed by atoms with Gasteiger partial charge in [0, 0.05) is 12.6 Å². The number of nitrogens with zero attached hydrogens (tertiary/aromatic N) is 2. The molecule has 3 rings (SSSR count). The van der Waals surface area contributed by atoms with Crippen molar-refractivity contribution >= 4 is 0 Å². The Labute approximate surface area is 141 Å². The van der Waals surface area contributed by atoms with E-state index in [9.17, 15) is 5.11 Å². The van der Waals surface area contributed by atoms with E-state index < -0.39 is 0 Å². The quantitative estimate of drug-likeness (QED) is 0.746. The third kappa shape index (κ3) is 3.35. The van der Waals surface area contributed by atoms with Crippen molar-refractivity contribution in [1.82, 2.24) is 9.78 Å². The van der Waals surface area contributed by atoms with Crippen LogP contribution in [0.2, 0.25) is 0 Å². The van der Waals surface area contributed by atoms with Crippen LogP contribution in [0.1, 0.15) is 18.2 Å². The Morgan fingerprint density at radius 1 is 0.917 bits per heavy atom. The Bertz CT molecular complexity index is 821. The van der Waals surface area contributed by atoms with Gasteiger partial charge in [0.2, 0.25) is 5.88 Å². The molecule has 24 heavy (non-hydrogen) atoms. The van der Waals surface area contributed by atoms with Gasteiger partial charge in [-0.3, -0.25) is 0 Å². The lowest BCUT2D eigenvalue weighted by molar-refractivity contribution is 0.425. The lowest BCUT2D eigenvalue weighted by Gasteiger charge is -2.09. The summed E-state index contributed by atoms with van der Waals surface area (Å²) >= 11 is 0. The van der Waals surface area contributed by atoms with E-state index >= 15 is 0 Å². The highest BCUT2D eigenvalue weighted by atomic mass is 16.5. The molecule has 0 aliphatic rings. The van der Waals surface area contributed by atoms with Gasteiger partial charge >= 0.3 is 0 Å². The summed E-state index contributed by atoms with van der Waals surface area (Å²) < 4.78 is 13.4. The second-order valence-corrected chi connectivity index (χ2v) is 5.52. The van der Waals surface area contributed by atoms with Crippen molar-refractivity contribution in [2.24, 2.45) is 7.05 Å². The summed E-state index contributed by atoms with van der Waals surface area (Å²) in [7, 11) is 1.88. The van der Waals surface area contributed by atoms with Gasteiger partial charge in [-0.05, 0) is 61.9 Å². The second kappa shape index (κ2) is 6.66. The number of aromatic nitrogens is 2. The fraction of sp³-hybridized carbons (Fsp3) is 0.211. The summed E-state index contributed by atoms with van der Waals surface area (Å²) in [5, 5.41) is 13.7. The zero-order valence-corrected chi connectivity index (χ0v) is 14.0. The summed E-state index contributed by atoms with van der Waals surface area (Å²) in [5.74, 6) is 3.05. The van der Waals surface area contributed by atoms with Crippen LogP contribution >= 0.6 is 0 Å². The second-order valence-electron chi connectivity index (χ2n) is 5.52. The normalized spacial score (nSPS) is 10.6. The zero-order valence-electron chi connectivity index (χ0n) is 14.0. The summed E-state index contributed by atoms with van der Waals surface area (Å²) in [5.41, 5.74) is 2.10. The molecule has 0 aliphatic heterocycles. The minimum absolute atomic E-state index is 0.212. The Balaban J connectivity index is 1.73. The van der Waals surface area contributed by atoms with E-state index in [-0.39, 0.29) is 5.75 Å². The summed E-state index contributed by atoms with van der Waals surface area (Å²) in [6.45, 7) is 4.10. The monoisotopic (exact) mass is 324 g/mol. The van der Waals surface area contributed by atoms with Crippen LogP contribution in [0.25, 0.3) is 0 Å². The number of hydrogen-bond donors (Lipinski definition) is 1. The molecule has 0 amide bonds. The van der Waals surface area contributed by atoms with Gasteiger partial charge in [-0.1, -0.05) is 6.92 Å². The SMILES string of the molecule is CCc1nn(C)c(Oc2ccc(Oc3ccc(O)cc3)cc2)c1C. The van der Waals surface area contributed by atoms with E-state index in [0.717, 1.165) is 29.3 Å². The van der Waals surface area contributed by atoms with Crippen molar-refractivity contribution in [1.29, 1.82) is 0 Å². The maximum Gasteiger partial charge on any atom is 0.220 e. The predicted molar refractivity (Wildman–Crippen MR) is 92.0 cm³/mol. The number of phenols is 1. The van der Waals surface area contributed by atoms with E-state index in [4.69, 9.17) is 9.47 Å². The van der Waals surface area contributed by atoms with E-state index in [2.05, 4.69) is 12.0 Å². The Kier molecular flexibility index (Phi) is 4.42. The molecule has 0 bridgehead atoms. The van der Waals surface area contributed by atoms with Crippen LogP contribution in [0, 0.1) is 6.92 Å². The van der Waals surface area contributed by atoms with Crippen LogP contribution < -0.4 is 9.47 Å². The van der Waals surface area contributed by atoms with Crippen molar-refractivity contribution in [2.45, 2.75) is 20.3 Å². The number of aromatic hydroxyl groups is 1. The molecule has 5 heteroatoms. The number of phenolic OH excluding ortho intramolecular Hbond substituents is 1. The Morgan fingerprint density at radius 2 is 1.42 bits per heavy atom. The van der Waals surface area contributed by atoms with Crippen molar-refractivity contribution in [3.63, 3.8) is 0 Å². The number of ether oxygens (including phenoxy) is 2. The van der Waals surface area contributed by atoms with Gasteiger partial charge < -0.3 is 14.6 Å². The molecule has 0 saturated carbocycles. The molecule has 2 aromatic carbocycles. The van der Waals surface area contributed by atoms with Crippen LogP contribution in [-0.4, -0.2) is 14.9 Å². The van der Waals surface area contributed by atoms with E-state index in [1.165, 1.54) is 0 Å². The van der Waals surface area contributed by atoms with Crippen LogP contribution in [-0.2, 0) is 13.5 Å². The third-order valence-electron chi connectivity index (χ3n) is 3.76. The average Bonchev–Trinajstić information content (AvgIpc) is 2.86. The standard InChI is InChI=1S/C19H20N2O3/c1-4-18-13(2)19(21(3)20-18)24-17-11-9-16(10-12-17)23-15-7-5-14(22)6-8-15/h5-12,22H,4H2,1-3H3. The van der Waals surface area contributed by atoms with E-state index in [1.54, 1.807) is 28.9 Å². The Hall–Kier alpha value is -2.95. The molecule has 0 unspecified atom stereocenters. The van der Waals surface area contributed by atoms with Gasteiger partial charge in [-0.2, -0.15) is 5.10 Å². The molecule has 0 atom stereocenters. The van der Waals surface area contributed by atoms with Gasteiger partial charge in [0.05, 0.1) is 5.69 Å². The molecule has 1 N–H and O–H groups in total. The molecule has 124 valence electrons. The molecule has 0 saturated heterocycles. The van der Waals surface area contributed by atoms with Crippen molar-refractivity contribution in [3.05, 3.63) is 59.8 Å². The zero-order chi connectivity index (χ0) is 17.1. The van der Waals surface area contributed by atoms with Gasteiger partial charge in [-0.25, -0.2) is 4.68 Å². The van der Waals surface area contributed by atoms with Crippen molar-refractivity contribution < 1.29 is 14.6 Å². The first-order valence-corrected chi connectivity index (χ1v) is 7.84. The fourth-order valence-corrected chi connectivity index (χ4v) is 2.48. The number of rotatable bonds is 5. The average molecular weight is 324 g/mol. The molecule has 1 heterocycles. The van der Waals surface area contributed by atoms with Crippen molar-refractivity contribution in [2.75, 3.05) is 0 Å². The maximum atomic E-state index is 9.28. The van der Waals surface area contributed by atoms with Gasteiger partial charge in [0.15, 0.2) is 0 Å². The number of benzene rings is 2. The topological polar surface area (TPSA) is 56.5 Å². The lowest BCUT2D eigenvalue weighted by Crippen LogP contribution is -1.96. The van der Waals surface area contributed by atoms with E-state index in [1.807, 2.05) is 38.2 Å². The summed E-state index contributed by atoms with van der Waals surface area (Å²) in [6.07, 6.45) is 0.877. The number of aryl methyl sites for hydroxylation is 2. The lowest BCUT2D eigenvalue weighted by atomic mass is 10.2. The highest BCUT2D eigenvalue weighted by Crippen LogP contribution is 2.29. The smallest absolute Gasteiger partial charge is 0.220 e. The first kappa shape index (κ1) is 15.9. The molecule has 0 fully saturated rings. The minimum atomic E-state index is 0.212. The van der Waals surface area contributed by atoms with Crippen LogP contribution in [0.15, 0.2) is 48.5 Å². The van der Waals surface area contributed by atoms with Crippen LogP contribution in [0.4, 0.5) is 0 Å². The molecule has 5 nitrogen and oxygen atoms in total. The summed E-state index contributed by atoms with van der Waals surface area (Å²) in [6, 6.07) is 14.0. The van der Waals surface area contributed by atoms with Gasteiger partial charge in [0.25, 0.3) is 0 Å². The molecule has 0 spiro atoms. The molecule has 3 aromatic rings. The van der Waals surface area contributed by atoms with Gasteiger partial charge in [0.1, 0.15) is 23.0 Å². The molecule has 0 radical (unpaired) electrons. The third-order valence-corrected chi connectivity index (χ3v) is 3.76. The van der Waals surface area contributed by atoms with Gasteiger partial charge in [-0.15, -0.1) is 0 Å². The molecule has 1 aromatic heterocycles. The number of hydrogen-bond acceptors (Lipinski definition) is 4. The fourth-order valence-electron chi connectivity index (χ4n) is 2.48. The molecule has 0 aliphatic carbocycles. The summed E-state index contributed by atoms with van der Waals surface area (Å²) in [4.78, 5) is 0. The molecular weight excluding hydrogens is 304 g/mol. The minimum Gasteiger partial charge on any atom is -0.508 e. The molecular formula is C19H20N2O3. The Morgan fingerprint density at radius 3 is 1.92 bits per heavy atom. The van der Waals surface area contributed by atoms with E-state index in [0.29, 0.717) is 11.5 Å². The predicted octanol–water partition coefficient (Wildman–Crippen LogP) is 4.58.